The molecule has 0 spiro atoms. The van der Waals surface area contributed by atoms with Crippen LogP contribution in [0.1, 0.15) is 32.6 Å². The smallest absolute Gasteiger partial charge is 0.235 e. The zero-order valence-corrected chi connectivity index (χ0v) is 9.65. The van der Waals surface area contributed by atoms with Crippen LogP contribution in [0.15, 0.2) is 28.3 Å². The molecule has 2 aliphatic carbocycles. The van der Waals surface area contributed by atoms with Gasteiger partial charge in [-0.1, -0.05) is 23.3 Å². The third-order valence-electron chi connectivity index (χ3n) is 3.71. The van der Waals surface area contributed by atoms with Crippen LogP contribution in [0.25, 0.3) is 0 Å². The number of hydrogen-bond donors (Lipinski definition) is 1. The first-order valence-electron chi connectivity index (χ1n) is 5.90. The maximum Gasteiger partial charge on any atom is 0.235 e. The monoisotopic (exact) mass is 218 g/mol. The van der Waals surface area contributed by atoms with Gasteiger partial charge in [0.2, 0.25) is 6.08 Å². The summed E-state index contributed by atoms with van der Waals surface area (Å²) in [4.78, 5) is 14.3. The number of carbonyl (C=O) groups excluding carboxylic acids is 1. The number of isocyanates is 1. The van der Waals surface area contributed by atoms with E-state index in [1.54, 1.807) is 6.08 Å². The van der Waals surface area contributed by atoms with Crippen molar-refractivity contribution in [3.63, 3.8) is 0 Å². The summed E-state index contributed by atoms with van der Waals surface area (Å²) in [5.74, 6) is 0.414. The molecule has 0 aromatic rings. The van der Waals surface area contributed by atoms with Gasteiger partial charge in [-0.15, -0.1) is 0 Å². The van der Waals surface area contributed by atoms with Crippen LogP contribution >= 0.6 is 0 Å². The molecule has 1 unspecified atom stereocenters. The summed E-state index contributed by atoms with van der Waals surface area (Å²) < 4.78 is 0. The molecule has 2 rings (SSSR count). The molecule has 3 nitrogen and oxygen atoms in total. The van der Waals surface area contributed by atoms with Crippen molar-refractivity contribution in [2.45, 2.75) is 44.7 Å². The highest BCUT2D eigenvalue weighted by atomic mass is 16.1. The van der Waals surface area contributed by atoms with E-state index in [9.17, 15) is 4.79 Å². The number of allylic oxidation sites excluding steroid dienone is 2. The van der Waals surface area contributed by atoms with E-state index in [1.165, 1.54) is 11.1 Å². The molecule has 0 aromatic heterocycles. The number of nitrogens with two attached hydrogens (primary N) is 1. The minimum Gasteiger partial charge on any atom is -0.324 e. The molecule has 0 heterocycles. The maximum absolute atomic E-state index is 10.4. The first-order chi connectivity index (χ1) is 7.72. The van der Waals surface area contributed by atoms with E-state index < -0.39 is 0 Å². The van der Waals surface area contributed by atoms with Gasteiger partial charge in [0.1, 0.15) is 0 Å². The molecular formula is C13H18N2O. The summed E-state index contributed by atoms with van der Waals surface area (Å²) in [6, 6.07) is 0.257. The highest BCUT2D eigenvalue weighted by Crippen LogP contribution is 2.35. The van der Waals surface area contributed by atoms with Crippen LogP contribution in [0.3, 0.4) is 0 Å². The van der Waals surface area contributed by atoms with E-state index in [1.807, 2.05) is 6.92 Å². The van der Waals surface area contributed by atoms with Crippen LogP contribution in [-0.4, -0.2) is 18.2 Å². The van der Waals surface area contributed by atoms with E-state index in [-0.39, 0.29) is 12.1 Å². The van der Waals surface area contributed by atoms with E-state index in [4.69, 9.17) is 5.73 Å². The fourth-order valence-electron chi connectivity index (χ4n) is 2.74. The molecule has 0 bridgehead atoms. The molecule has 0 amide bonds. The number of nitrogens with zero attached hydrogens (tertiary/aromatic N) is 1. The maximum atomic E-state index is 10.4. The van der Waals surface area contributed by atoms with Crippen molar-refractivity contribution in [3.05, 3.63) is 23.3 Å². The molecule has 86 valence electrons. The lowest BCUT2D eigenvalue weighted by molar-refractivity contribution is 0.476. The summed E-state index contributed by atoms with van der Waals surface area (Å²) in [5, 5.41) is 0. The second kappa shape index (κ2) is 4.77. The first kappa shape index (κ1) is 11.3. The van der Waals surface area contributed by atoms with E-state index >= 15 is 0 Å². The molecular weight excluding hydrogens is 200 g/mol. The third-order valence-corrected chi connectivity index (χ3v) is 3.71. The van der Waals surface area contributed by atoms with Gasteiger partial charge in [-0.3, -0.25) is 0 Å². The van der Waals surface area contributed by atoms with Crippen molar-refractivity contribution < 1.29 is 4.79 Å². The van der Waals surface area contributed by atoms with Crippen LogP contribution < -0.4 is 5.73 Å². The highest BCUT2D eigenvalue weighted by molar-refractivity contribution is 5.37. The minimum absolute atomic E-state index is 0.0335. The number of aliphatic imine (C=N–C) groups is 1. The molecule has 0 radical (unpaired) electrons. The van der Waals surface area contributed by atoms with E-state index in [0.29, 0.717) is 5.92 Å². The number of rotatable bonds is 3. The molecule has 0 saturated heterocycles. The molecule has 3 atom stereocenters. The lowest BCUT2D eigenvalue weighted by atomic mass is 9.91. The Morgan fingerprint density at radius 2 is 2.38 bits per heavy atom. The predicted octanol–water partition coefficient (Wildman–Crippen LogP) is 2.09. The molecule has 16 heavy (non-hydrogen) atoms. The Kier molecular flexibility index (Phi) is 3.37. The minimum atomic E-state index is 0.0335. The summed E-state index contributed by atoms with van der Waals surface area (Å²) in [6.45, 7) is 2.04. The largest absolute Gasteiger partial charge is 0.324 e. The van der Waals surface area contributed by atoms with Crippen LogP contribution in [0, 0.1) is 5.92 Å². The lowest BCUT2D eigenvalue weighted by Crippen LogP contribution is -2.23. The van der Waals surface area contributed by atoms with Crippen LogP contribution in [0.4, 0.5) is 0 Å². The average Bonchev–Trinajstić information content (AvgIpc) is 2.80. The van der Waals surface area contributed by atoms with Gasteiger partial charge in [0, 0.05) is 6.04 Å². The van der Waals surface area contributed by atoms with Crippen molar-refractivity contribution in [1.82, 2.24) is 0 Å². The molecule has 0 fully saturated rings. The highest BCUT2D eigenvalue weighted by Gasteiger charge is 2.29. The van der Waals surface area contributed by atoms with Crippen LogP contribution in [0.5, 0.6) is 0 Å². The molecule has 3 heteroatoms. The number of hydrogen-bond acceptors (Lipinski definition) is 3. The zero-order chi connectivity index (χ0) is 11.5. The Labute approximate surface area is 96.1 Å². The quantitative estimate of drug-likeness (QED) is 0.448. The van der Waals surface area contributed by atoms with Gasteiger partial charge in [-0.05, 0) is 38.5 Å². The topological polar surface area (TPSA) is 55.4 Å². The second-order valence-electron chi connectivity index (χ2n) is 4.78. The predicted molar refractivity (Wildman–Crippen MR) is 63.7 cm³/mol. The normalized spacial score (nSPS) is 33.2. The SMILES string of the molecule is CC1=CCC(CC2=CCC[C@H]2N)[C@H]1N=C=O. The van der Waals surface area contributed by atoms with Gasteiger partial charge in [-0.25, -0.2) is 4.79 Å². The third kappa shape index (κ3) is 2.16. The van der Waals surface area contributed by atoms with Gasteiger partial charge >= 0.3 is 0 Å². The molecule has 2 aliphatic rings. The Morgan fingerprint density at radius 3 is 3.00 bits per heavy atom. The first-order valence-corrected chi connectivity index (χ1v) is 5.90. The molecule has 0 saturated carbocycles. The molecule has 2 N–H and O–H groups in total. The van der Waals surface area contributed by atoms with Crippen LogP contribution in [-0.2, 0) is 4.79 Å². The standard InChI is InChI=1S/C13H18N2O/c1-9-5-6-11(13(9)15-8-16)7-10-3-2-4-12(10)14/h3,5,11-13H,2,4,6-7,14H2,1H3/t11?,12-,13+/m1/s1. The van der Waals surface area contributed by atoms with Crippen molar-refractivity contribution in [2.75, 3.05) is 0 Å². The van der Waals surface area contributed by atoms with Crippen molar-refractivity contribution in [2.24, 2.45) is 16.6 Å². The average molecular weight is 218 g/mol. The Bertz CT molecular complexity index is 377. The van der Waals surface area contributed by atoms with Crippen molar-refractivity contribution >= 4 is 6.08 Å². The molecule has 0 aliphatic heterocycles. The van der Waals surface area contributed by atoms with Gasteiger partial charge in [0.25, 0.3) is 0 Å². The fourth-order valence-corrected chi connectivity index (χ4v) is 2.74. The summed E-state index contributed by atoms with van der Waals surface area (Å²) in [5.41, 5.74) is 8.56. The van der Waals surface area contributed by atoms with Gasteiger partial charge < -0.3 is 5.73 Å². The summed E-state index contributed by atoms with van der Waals surface area (Å²) in [6.07, 6.45) is 10.3. The fraction of sp³-hybridized carbons (Fsp3) is 0.615. The van der Waals surface area contributed by atoms with Gasteiger partial charge in [0.15, 0.2) is 0 Å². The summed E-state index contributed by atoms with van der Waals surface area (Å²) >= 11 is 0. The molecule has 0 aromatic carbocycles. The Balaban J connectivity index is 2.03. The Hall–Kier alpha value is -1.18. The van der Waals surface area contributed by atoms with Crippen LogP contribution in [0.2, 0.25) is 0 Å². The summed E-state index contributed by atoms with van der Waals surface area (Å²) in [7, 11) is 0. The van der Waals surface area contributed by atoms with Gasteiger partial charge in [-0.2, -0.15) is 4.99 Å². The van der Waals surface area contributed by atoms with Crippen molar-refractivity contribution in [3.8, 4) is 0 Å². The lowest BCUT2D eigenvalue weighted by Gasteiger charge is -2.19. The second-order valence-corrected chi connectivity index (χ2v) is 4.78. The van der Waals surface area contributed by atoms with Crippen molar-refractivity contribution in [1.29, 1.82) is 0 Å². The van der Waals surface area contributed by atoms with E-state index in [0.717, 1.165) is 25.7 Å². The Morgan fingerprint density at radius 1 is 1.56 bits per heavy atom. The van der Waals surface area contributed by atoms with Gasteiger partial charge in [0.05, 0.1) is 6.04 Å². The zero-order valence-electron chi connectivity index (χ0n) is 9.65. The van der Waals surface area contributed by atoms with E-state index in [2.05, 4.69) is 17.1 Å².